The fourth-order valence-corrected chi connectivity index (χ4v) is 1.97. The number of carbonyl (C=O) groups excluding carboxylic acids is 1. The molecule has 0 amide bonds. The first kappa shape index (κ1) is 17.5. The molecule has 1 aromatic heterocycles. The predicted molar refractivity (Wildman–Crippen MR) is 91.0 cm³/mol. The zero-order valence-corrected chi connectivity index (χ0v) is 14.0. The fraction of sp³-hybridized carbons (Fsp3) is 0.294. The van der Waals surface area contributed by atoms with Crippen molar-refractivity contribution in [1.29, 1.82) is 0 Å². The van der Waals surface area contributed by atoms with Gasteiger partial charge in [-0.2, -0.15) is 0 Å². The number of nitrogens with one attached hydrogen (secondary N) is 1. The van der Waals surface area contributed by atoms with Crippen molar-refractivity contribution in [3.8, 4) is 5.75 Å². The third-order valence-electron chi connectivity index (χ3n) is 3.02. The normalized spacial score (nSPS) is 11.5. The summed E-state index contributed by atoms with van der Waals surface area (Å²) in [6.45, 7) is 7.06. The lowest BCUT2D eigenvalue weighted by atomic mass is 10.2. The van der Waals surface area contributed by atoms with Crippen LogP contribution in [-0.2, 0) is 4.79 Å². The Morgan fingerprint density at radius 1 is 1.38 bits per heavy atom. The molecule has 7 heteroatoms. The van der Waals surface area contributed by atoms with Crippen molar-refractivity contribution in [3.05, 3.63) is 36.0 Å². The molecule has 0 fully saturated rings. The monoisotopic (exact) mass is 330 g/mol. The molecule has 0 radical (unpaired) electrons. The Bertz CT molecular complexity index is 775. The van der Waals surface area contributed by atoms with E-state index in [1.54, 1.807) is 19.9 Å². The topological polar surface area (TPSA) is 76.5 Å². The summed E-state index contributed by atoms with van der Waals surface area (Å²) in [6.07, 6.45) is 1.93. The Balaban J connectivity index is 2.45. The lowest BCUT2D eigenvalue weighted by molar-refractivity contribution is -0.102. The molecule has 0 aliphatic rings. The van der Waals surface area contributed by atoms with Gasteiger partial charge in [0.1, 0.15) is 23.6 Å². The first-order valence-electron chi connectivity index (χ1n) is 7.46. The number of ether oxygens (including phenoxy) is 1. The van der Waals surface area contributed by atoms with Gasteiger partial charge in [-0.1, -0.05) is 0 Å². The minimum Gasteiger partial charge on any atom is -0.489 e. The van der Waals surface area contributed by atoms with Crippen LogP contribution >= 0.6 is 0 Å². The SMILES string of the molecule is CC(C=O)=Nc1c(C)ncnc1Nc1ccc(F)cc1OC(C)C. The molecular weight excluding hydrogens is 311 g/mol. The number of aryl methyl sites for hydroxylation is 1. The lowest BCUT2D eigenvalue weighted by Gasteiger charge is -2.16. The summed E-state index contributed by atoms with van der Waals surface area (Å²) in [6, 6.07) is 4.18. The number of nitrogens with zero attached hydrogens (tertiary/aromatic N) is 3. The van der Waals surface area contributed by atoms with Crippen molar-refractivity contribution < 1.29 is 13.9 Å². The summed E-state index contributed by atoms with van der Waals surface area (Å²) >= 11 is 0. The van der Waals surface area contributed by atoms with Crippen molar-refractivity contribution in [2.45, 2.75) is 33.8 Å². The second-order valence-electron chi connectivity index (χ2n) is 5.46. The van der Waals surface area contributed by atoms with Crippen LogP contribution in [0.2, 0.25) is 0 Å². The summed E-state index contributed by atoms with van der Waals surface area (Å²) in [5, 5.41) is 3.08. The van der Waals surface area contributed by atoms with E-state index in [0.29, 0.717) is 40.6 Å². The average Bonchev–Trinajstić information content (AvgIpc) is 2.52. The number of aromatic nitrogens is 2. The molecular formula is C17H19FN4O2. The van der Waals surface area contributed by atoms with Crippen LogP contribution in [0.4, 0.5) is 21.6 Å². The first-order valence-corrected chi connectivity index (χ1v) is 7.46. The van der Waals surface area contributed by atoms with Crippen LogP contribution < -0.4 is 10.1 Å². The molecule has 2 rings (SSSR count). The van der Waals surface area contributed by atoms with Crippen LogP contribution in [0.15, 0.2) is 29.5 Å². The number of aliphatic imine (C=N–C) groups is 1. The number of hydrogen-bond acceptors (Lipinski definition) is 6. The van der Waals surface area contributed by atoms with E-state index in [0.717, 1.165) is 0 Å². The Labute approximate surface area is 139 Å². The minimum atomic E-state index is -0.398. The van der Waals surface area contributed by atoms with Gasteiger partial charge >= 0.3 is 0 Å². The third-order valence-corrected chi connectivity index (χ3v) is 3.02. The van der Waals surface area contributed by atoms with Gasteiger partial charge < -0.3 is 10.1 Å². The Morgan fingerprint density at radius 2 is 2.12 bits per heavy atom. The van der Waals surface area contributed by atoms with Crippen molar-refractivity contribution in [1.82, 2.24) is 9.97 Å². The van der Waals surface area contributed by atoms with Crippen LogP contribution in [0, 0.1) is 12.7 Å². The molecule has 6 nitrogen and oxygen atoms in total. The highest BCUT2D eigenvalue weighted by atomic mass is 19.1. The molecule has 0 saturated carbocycles. The maximum Gasteiger partial charge on any atom is 0.163 e. The second kappa shape index (κ2) is 7.63. The fourth-order valence-electron chi connectivity index (χ4n) is 1.97. The average molecular weight is 330 g/mol. The van der Waals surface area contributed by atoms with Crippen molar-refractivity contribution in [2.75, 3.05) is 5.32 Å². The van der Waals surface area contributed by atoms with E-state index in [1.807, 2.05) is 13.8 Å². The third kappa shape index (κ3) is 4.34. The van der Waals surface area contributed by atoms with Gasteiger partial charge in [-0.15, -0.1) is 0 Å². The van der Waals surface area contributed by atoms with E-state index in [9.17, 15) is 9.18 Å². The highest BCUT2D eigenvalue weighted by Crippen LogP contribution is 2.33. The van der Waals surface area contributed by atoms with Crippen LogP contribution in [0.5, 0.6) is 5.75 Å². The Morgan fingerprint density at radius 3 is 2.79 bits per heavy atom. The number of benzene rings is 1. The molecule has 0 aliphatic heterocycles. The maximum absolute atomic E-state index is 13.5. The van der Waals surface area contributed by atoms with Gasteiger partial charge in [-0.3, -0.25) is 4.79 Å². The van der Waals surface area contributed by atoms with Crippen molar-refractivity contribution in [2.24, 2.45) is 4.99 Å². The molecule has 1 N–H and O–H groups in total. The summed E-state index contributed by atoms with van der Waals surface area (Å²) < 4.78 is 19.1. The van der Waals surface area contributed by atoms with Gasteiger partial charge in [0.2, 0.25) is 0 Å². The lowest BCUT2D eigenvalue weighted by Crippen LogP contribution is -2.08. The molecule has 0 unspecified atom stereocenters. The first-order chi connectivity index (χ1) is 11.4. The smallest absolute Gasteiger partial charge is 0.163 e. The van der Waals surface area contributed by atoms with E-state index >= 15 is 0 Å². The molecule has 0 saturated heterocycles. The number of anilines is 2. The van der Waals surface area contributed by atoms with E-state index in [1.165, 1.54) is 18.5 Å². The van der Waals surface area contributed by atoms with Gasteiger partial charge in [0.25, 0.3) is 0 Å². The maximum atomic E-state index is 13.5. The van der Waals surface area contributed by atoms with E-state index < -0.39 is 5.82 Å². The molecule has 1 aromatic carbocycles. The van der Waals surface area contributed by atoms with Crippen LogP contribution in [0.1, 0.15) is 26.5 Å². The van der Waals surface area contributed by atoms with Gasteiger partial charge in [0, 0.05) is 6.07 Å². The standard InChI is InChI=1S/C17H19FN4O2/c1-10(2)24-15-7-13(18)5-6-14(15)22-17-16(21-11(3)8-23)12(4)19-9-20-17/h5-10H,1-4H3,(H,19,20,22). The van der Waals surface area contributed by atoms with Gasteiger partial charge in [-0.05, 0) is 39.8 Å². The van der Waals surface area contributed by atoms with E-state index in [2.05, 4.69) is 20.3 Å². The predicted octanol–water partition coefficient (Wildman–Crippen LogP) is 3.75. The van der Waals surface area contributed by atoms with Crippen LogP contribution in [0.3, 0.4) is 0 Å². The highest BCUT2D eigenvalue weighted by Gasteiger charge is 2.13. The minimum absolute atomic E-state index is 0.116. The Hall–Kier alpha value is -2.83. The quantitative estimate of drug-likeness (QED) is 0.645. The van der Waals surface area contributed by atoms with Crippen LogP contribution in [0.25, 0.3) is 0 Å². The van der Waals surface area contributed by atoms with Gasteiger partial charge in [-0.25, -0.2) is 19.4 Å². The number of hydrogen-bond donors (Lipinski definition) is 1. The number of halogens is 1. The molecule has 0 aliphatic carbocycles. The van der Waals surface area contributed by atoms with Crippen LogP contribution in [-0.4, -0.2) is 28.1 Å². The van der Waals surface area contributed by atoms with E-state index in [-0.39, 0.29) is 6.10 Å². The summed E-state index contributed by atoms with van der Waals surface area (Å²) in [5.74, 6) is 0.373. The van der Waals surface area contributed by atoms with Crippen molar-refractivity contribution in [3.63, 3.8) is 0 Å². The molecule has 0 atom stereocenters. The largest absolute Gasteiger partial charge is 0.489 e. The van der Waals surface area contributed by atoms with E-state index in [4.69, 9.17) is 4.74 Å². The molecule has 126 valence electrons. The summed E-state index contributed by atoms with van der Waals surface area (Å²) in [7, 11) is 0. The molecule has 2 aromatic rings. The Kier molecular flexibility index (Phi) is 5.57. The highest BCUT2D eigenvalue weighted by molar-refractivity contribution is 6.27. The zero-order valence-electron chi connectivity index (χ0n) is 14.0. The van der Waals surface area contributed by atoms with Crippen molar-refractivity contribution >= 4 is 29.2 Å². The number of aldehydes is 1. The molecule has 24 heavy (non-hydrogen) atoms. The number of carbonyl (C=O) groups is 1. The summed E-state index contributed by atoms with van der Waals surface area (Å²) in [4.78, 5) is 23.3. The van der Waals surface area contributed by atoms with Gasteiger partial charge in [0.15, 0.2) is 12.1 Å². The summed E-state index contributed by atoms with van der Waals surface area (Å²) in [5.41, 5.74) is 1.90. The molecule has 0 bridgehead atoms. The molecule has 1 heterocycles. The number of rotatable bonds is 6. The zero-order chi connectivity index (χ0) is 17.7. The van der Waals surface area contributed by atoms with Gasteiger partial charge in [0.05, 0.1) is 23.2 Å². The second-order valence-corrected chi connectivity index (χ2v) is 5.46. The molecule has 0 spiro atoms.